The summed E-state index contributed by atoms with van der Waals surface area (Å²) in [6.07, 6.45) is 4.22. The van der Waals surface area contributed by atoms with Gasteiger partial charge in [0.25, 0.3) is 0 Å². The minimum atomic E-state index is 0.162. The summed E-state index contributed by atoms with van der Waals surface area (Å²) in [7, 11) is 0. The largest absolute Gasteiger partial charge is 0.396 e. The van der Waals surface area contributed by atoms with Gasteiger partial charge in [-0.3, -0.25) is 0 Å². The van der Waals surface area contributed by atoms with E-state index in [2.05, 4.69) is 15.0 Å². The molecule has 1 saturated heterocycles. The molecule has 3 heterocycles. The normalized spacial score (nSPS) is 32.9. The third kappa shape index (κ3) is 1.56. The zero-order chi connectivity index (χ0) is 13.7. The molecule has 2 aliphatic rings. The Morgan fingerprint density at radius 3 is 3.10 bits per heavy atom. The van der Waals surface area contributed by atoms with Gasteiger partial charge >= 0.3 is 0 Å². The van der Waals surface area contributed by atoms with Gasteiger partial charge in [-0.15, -0.1) is 0 Å². The molecule has 7 heteroatoms. The lowest BCUT2D eigenvalue weighted by Gasteiger charge is -2.22. The van der Waals surface area contributed by atoms with Crippen LogP contribution in [0, 0.1) is 17.8 Å². The third-order valence-corrected chi connectivity index (χ3v) is 4.79. The van der Waals surface area contributed by atoms with Crippen LogP contribution >= 0.6 is 0 Å². The Kier molecular flexibility index (Phi) is 2.64. The summed E-state index contributed by atoms with van der Waals surface area (Å²) in [4.78, 5) is 12.6. The number of fused-ring (bicyclic) bond motifs is 2. The van der Waals surface area contributed by atoms with Gasteiger partial charge in [0, 0.05) is 25.2 Å². The van der Waals surface area contributed by atoms with Crippen LogP contribution in [-0.4, -0.2) is 44.4 Å². The molecule has 0 unspecified atom stereocenters. The number of anilines is 1. The van der Waals surface area contributed by atoms with Crippen LogP contribution in [0.25, 0.3) is 11.2 Å². The van der Waals surface area contributed by atoms with Crippen molar-refractivity contribution in [1.29, 1.82) is 0 Å². The monoisotopic (exact) mass is 275 g/mol. The minimum Gasteiger partial charge on any atom is -0.396 e. The van der Waals surface area contributed by atoms with Crippen molar-refractivity contribution in [3.05, 3.63) is 12.7 Å². The van der Waals surface area contributed by atoms with Crippen molar-refractivity contribution >= 4 is 17.0 Å². The Morgan fingerprint density at radius 1 is 1.35 bits per heavy atom. The van der Waals surface area contributed by atoms with E-state index in [-0.39, 0.29) is 18.6 Å². The molecule has 7 nitrogen and oxygen atoms in total. The number of aromatic nitrogens is 4. The number of nitrogen functional groups attached to an aromatic ring is 1. The molecular formula is C13H17N5O2. The molecule has 0 radical (unpaired) electrons. The molecule has 1 aliphatic carbocycles. The number of imidazole rings is 1. The third-order valence-electron chi connectivity index (χ3n) is 4.79. The molecule has 1 aliphatic heterocycles. The van der Waals surface area contributed by atoms with Crippen molar-refractivity contribution in [2.75, 3.05) is 25.6 Å². The van der Waals surface area contributed by atoms with Crippen molar-refractivity contribution < 1.29 is 9.84 Å². The van der Waals surface area contributed by atoms with Crippen LogP contribution in [0.2, 0.25) is 0 Å². The second kappa shape index (κ2) is 4.39. The van der Waals surface area contributed by atoms with Crippen molar-refractivity contribution in [2.24, 2.45) is 17.8 Å². The highest BCUT2D eigenvalue weighted by Crippen LogP contribution is 2.47. The first-order valence-corrected chi connectivity index (χ1v) is 6.91. The summed E-state index contributed by atoms with van der Waals surface area (Å²) in [6, 6.07) is 0.207. The summed E-state index contributed by atoms with van der Waals surface area (Å²) in [5.41, 5.74) is 7.22. The summed E-state index contributed by atoms with van der Waals surface area (Å²) < 4.78 is 7.58. The molecule has 2 aromatic heterocycles. The molecule has 0 aromatic carbocycles. The van der Waals surface area contributed by atoms with Gasteiger partial charge in [-0.2, -0.15) is 0 Å². The Labute approximate surface area is 115 Å². The highest BCUT2D eigenvalue weighted by atomic mass is 16.5. The molecule has 4 rings (SSSR count). The summed E-state index contributed by atoms with van der Waals surface area (Å²) in [5.74, 6) is 1.54. The Hall–Kier alpha value is -1.73. The maximum atomic E-state index is 9.76. The number of hydrogen-bond donors (Lipinski definition) is 2. The van der Waals surface area contributed by atoms with Gasteiger partial charge in [0.2, 0.25) is 0 Å². The Balaban J connectivity index is 1.77. The molecule has 4 atom stereocenters. The smallest absolute Gasteiger partial charge is 0.165 e. The zero-order valence-corrected chi connectivity index (χ0v) is 11.0. The lowest BCUT2D eigenvalue weighted by Crippen LogP contribution is -2.23. The second-order valence-electron chi connectivity index (χ2n) is 5.69. The van der Waals surface area contributed by atoms with Crippen molar-refractivity contribution in [1.82, 2.24) is 19.5 Å². The summed E-state index contributed by atoms with van der Waals surface area (Å²) >= 11 is 0. The molecule has 106 valence electrons. The predicted octanol–water partition coefficient (Wildman–Crippen LogP) is 0.224. The van der Waals surface area contributed by atoms with E-state index >= 15 is 0 Å². The van der Waals surface area contributed by atoms with E-state index in [0.717, 1.165) is 25.3 Å². The lowest BCUT2D eigenvalue weighted by molar-refractivity contribution is 0.118. The van der Waals surface area contributed by atoms with Crippen LogP contribution in [0.3, 0.4) is 0 Å². The topological polar surface area (TPSA) is 99.1 Å². The maximum Gasteiger partial charge on any atom is 0.165 e. The fraction of sp³-hybridized carbons (Fsp3) is 0.615. The standard InChI is InChI=1S/C13H17N5O2/c14-12-11-13(16-5-15-12)18(6-17-11)10-1-7-3-20-4-9(7)8(10)2-19/h5-10,19H,1-4H2,(H2,14,15,16)/t7-,8-,9-,10-/m1/s1. The average Bonchev–Trinajstić information content (AvgIpc) is 3.11. The van der Waals surface area contributed by atoms with Gasteiger partial charge in [-0.1, -0.05) is 0 Å². The maximum absolute atomic E-state index is 9.76. The van der Waals surface area contributed by atoms with E-state index < -0.39 is 0 Å². The van der Waals surface area contributed by atoms with E-state index in [9.17, 15) is 5.11 Å². The van der Waals surface area contributed by atoms with Crippen molar-refractivity contribution in [2.45, 2.75) is 12.5 Å². The van der Waals surface area contributed by atoms with Crippen LogP contribution in [0.4, 0.5) is 5.82 Å². The molecule has 0 spiro atoms. The molecular weight excluding hydrogens is 258 g/mol. The van der Waals surface area contributed by atoms with Gasteiger partial charge in [0.05, 0.1) is 12.9 Å². The van der Waals surface area contributed by atoms with Gasteiger partial charge < -0.3 is 20.1 Å². The fourth-order valence-electron chi connectivity index (χ4n) is 3.79. The number of nitrogens with two attached hydrogens (primary N) is 1. The molecule has 20 heavy (non-hydrogen) atoms. The molecule has 1 saturated carbocycles. The van der Waals surface area contributed by atoms with E-state index in [4.69, 9.17) is 10.5 Å². The van der Waals surface area contributed by atoms with Gasteiger partial charge in [0.15, 0.2) is 11.5 Å². The van der Waals surface area contributed by atoms with E-state index in [0.29, 0.717) is 23.2 Å². The Bertz CT molecular complexity index is 643. The summed E-state index contributed by atoms with van der Waals surface area (Å²) in [6.45, 7) is 1.70. The molecule has 2 aromatic rings. The van der Waals surface area contributed by atoms with Crippen LogP contribution in [0.1, 0.15) is 12.5 Å². The number of aliphatic hydroxyl groups excluding tert-OH is 1. The second-order valence-corrected chi connectivity index (χ2v) is 5.69. The first kappa shape index (κ1) is 12.0. The number of aliphatic hydroxyl groups is 1. The fourth-order valence-corrected chi connectivity index (χ4v) is 3.79. The molecule has 0 amide bonds. The highest BCUT2D eigenvalue weighted by molar-refractivity contribution is 5.81. The average molecular weight is 275 g/mol. The molecule has 3 N–H and O–H groups in total. The van der Waals surface area contributed by atoms with Crippen LogP contribution < -0.4 is 5.73 Å². The quantitative estimate of drug-likeness (QED) is 0.813. The van der Waals surface area contributed by atoms with Crippen molar-refractivity contribution in [3.8, 4) is 0 Å². The number of rotatable bonds is 2. The van der Waals surface area contributed by atoms with E-state index in [1.807, 2.05) is 4.57 Å². The summed E-state index contributed by atoms with van der Waals surface area (Å²) in [5, 5.41) is 9.76. The van der Waals surface area contributed by atoms with Gasteiger partial charge in [-0.25, -0.2) is 15.0 Å². The van der Waals surface area contributed by atoms with Gasteiger partial charge in [-0.05, 0) is 18.3 Å². The first-order valence-electron chi connectivity index (χ1n) is 6.91. The lowest BCUT2D eigenvalue weighted by atomic mass is 9.92. The minimum absolute atomic E-state index is 0.162. The number of nitrogens with zero attached hydrogens (tertiary/aromatic N) is 4. The zero-order valence-electron chi connectivity index (χ0n) is 11.0. The van der Waals surface area contributed by atoms with Gasteiger partial charge in [0.1, 0.15) is 11.8 Å². The van der Waals surface area contributed by atoms with Crippen LogP contribution in [0.5, 0.6) is 0 Å². The predicted molar refractivity (Wildman–Crippen MR) is 71.8 cm³/mol. The number of hydrogen-bond acceptors (Lipinski definition) is 6. The SMILES string of the molecule is Nc1ncnc2c1ncn2[C@@H]1C[C@@H]2COC[C@H]2[C@H]1CO. The molecule has 2 fully saturated rings. The number of ether oxygens (including phenoxy) is 1. The van der Waals surface area contributed by atoms with Crippen LogP contribution in [-0.2, 0) is 4.74 Å². The highest BCUT2D eigenvalue weighted by Gasteiger charge is 2.47. The first-order chi connectivity index (χ1) is 9.79. The van der Waals surface area contributed by atoms with E-state index in [1.54, 1.807) is 6.33 Å². The molecule has 0 bridgehead atoms. The van der Waals surface area contributed by atoms with E-state index in [1.165, 1.54) is 6.33 Å². The van der Waals surface area contributed by atoms with Crippen molar-refractivity contribution in [3.63, 3.8) is 0 Å². The Morgan fingerprint density at radius 2 is 2.25 bits per heavy atom. The van der Waals surface area contributed by atoms with Crippen LogP contribution in [0.15, 0.2) is 12.7 Å².